The molecule has 41 heavy (non-hydrogen) atoms. The maximum Gasteiger partial charge on any atom is 0.416 e. The normalized spacial score (nSPS) is 16.2. The zero-order chi connectivity index (χ0) is 29.3. The number of ether oxygens (including phenoxy) is 1. The molecule has 0 radical (unpaired) electrons. The molecule has 1 atom stereocenters. The molecule has 1 saturated heterocycles. The molecule has 0 aliphatic carbocycles. The van der Waals surface area contributed by atoms with Crippen LogP contribution in [0.5, 0.6) is 0 Å². The first-order valence-corrected chi connectivity index (χ1v) is 13.7. The highest BCUT2D eigenvalue weighted by Crippen LogP contribution is 2.36. The number of halogens is 6. The molecule has 1 aliphatic rings. The van der Waals surface area contributed by atoms with Gasteiger partial charge in [-0.15, -0.1) is 10.2 Å². The predicted molar refractivity (Wildman–Crippen MR) is 140 cm³/mol. The van der Waals surface area contributed by atoms with E-state index in [1.54, 1.807) is 0 Å². The molecule has 224 valence electrons. The molecule has 1 N–H and O–H groups in total. The summed E-state index contributed by atoms with van der Waals surface area (Å²) in [5.41, 5.74) is -1.63. The van der Waals surface area contributed by atoms with Gasteiger partial charge in [-0.25, -0.2) is 0 Å². The second-order valence-electron chi connectivity index (χ2n) is 10.2. The third kappa shape index (κ3) is 9.50. The topological polar surface area (TPSA) is 70.2 Å². The Labute approximate surface area is 234 Å². The molecule has 2 heterocycles. The number of benzene rings is 2. The molecule has 1 aliphatic heterocycles. The second kappa shape index (κ2) is 14.2. The number of unbranched alkanes of at least 4 members (excludes halogenated alkanes) is 2. The lowest BCUT2D eigenvalue weighted by atomic mass is 10.0. The summed E-state index contributed by atoms with van der Waals surface area (Å²) in [7, 11) is 0. The van der Waals surface area contributed by atoms with Gasteiger partial charge in [-0.05, 0) is 55.1 Å². The van der Waals surface area contributed by atoms with Crippen molar-refractivity contribution >= 4 is 0 Å². The third-order valence-electron chi connectivity index (χ3n) is 7.25. The van der Waals surface area contributed by atoms with Crippen LogP contribution in [-0.2, 0) is 29.9 Å². The number of H-pyrrole nitrogens is 1. The van der Waals surface area contributed by atoms with Gasteiger partial charge >= 0.3 is 12.4 Å². The number of aryl methyl sites for hydroxylation is 1. The summed E-state index contributed by atoms with van der Waals surface area (Å²) in [4.78, 5) is 4.76. The van der Waals surface area contributed by atoms with Crippen molar-refractivity contribution in [3.05, 3.63) is 76.6 Å². The summed E-state index contributed by atoms with van der Waals surface area (Å²) in [6, 6.07) is 11.4. The number of aromatic amines is 1. The van der Waals surface area contributed by atoms with Crippen molar-refractivity contribution in [1.29, 1.82) is 0 Å². The van der Waals surface area contributed by atoms with Crippen molar-refractivity contribution in [3.63, 3.8) is 0 Å². The fourth-order valence-electron chi connectivity index (χ4n) is 5.02. The summed E-state index contributed by atoms with van der Waals surface area (Å²) in [6.45, 7) is 4.75. The molecule has 3 aromatic rings. The molecule has 1 fully saturated rings. The number of piperazine rings is 1. The zero-order valence-corrected chi connectivity index (χ0v) is 22.6. The highest BCUT2D eigenvalue weighted by molar-refractivity contribution is 5.33. The first kappa shape index (κ1) is 30.9. The predicted octanol–water partition coefficient (Wildman–Crippen LogP) is 5.57. The monoisotopic (exact) mass is 584 g/mol. The molecule has 2 aromatic carbocycles. The van der Waals surface area contributed by atoms with Crippen LogP contribution >= 0.6 is 0 Å². The van der Waals surface area contributed by atoms with Gasteiger partial charge in [-0.3, -0.25) is 4.90 Å². The van der Waals surface area contributed by atoms with Crippen molar-refractivity contribution in [3.8, 4) is 0 Å². The summed E-state index contributed by atoms with van der Waals surface area (Å²) in [6.07, 6.45) is -5.83. The molecule has 7 nitrogen and oxygen atoms in total. The molecule has 1 aromatic heterocycles. The first-order chi connectivity index (χ1) is 19.6. The van der Waals surface area contributed by atoms with Gasteiger partial charge < -0.3 is 9.64 Å². The van der Waals surface area contributed by atoms with E-state index in [1.807, 2.05) is 30.3 Å². The van der Waals surface area contributed by atoms with E-state index in [9.17, 15) is 26.3 Å². The van der Waals surface area contributed by atoms with Gasteiger partial charge in [0.25, 0.3) is 0 Å². The van der Waals surface area contributed by atoms with Crippen LogP contribution < -0.4 is 0 Å². The summed E-state index contributed by atoms with van der Waals surface area (Å²) in [5.74, 6) is 0.730. The van der Waals surface area contributed by atoms with Crippen molar-refractivity contribution in [2.75, 3.05) is 45.9 Å². The van der Waals surface area contributed by atoms with Gasteiger partial charge in [0.15, 0.2) is 5.82 Å². The van der Waals surface area contributed by atoms with Gasteiger partial charge in [-0.1, -0.05) is 42.0 Å². The number of rotatable bonds is 13. The molecule has 0 spiro atoms. The van der Waals surface area contributed by atoms with Crippen LogP contribution in [-0.4, -0.2) is 76.4 Å². The third-order valence-corrected chi connectivity index (χ3v) is 7.25. The van der Waals surface area contributed by atoms with Crippen LogP contribution in [0.4, 0.5) is 26.3 Å². The average Bonchev–Trinajstić information content (AvgIpc) is 3.46. The van der Waals surface area contributed by atoms with Crippen molar-refractivity contribution < 1.29 is 31.1 Å². The first-order valence-electron chi connectivity index (χ1n) is 13.7. The van der Waals surface area contributed by atoms with E-state index in [4.69, 9.17) is 4.74 Å². The molecular formula is C28H34F6N6O. The van der Waals surface area contributed by atoms with E-state index in [0.29, 0.717) is 0 Å². The highest BCUT2D eigenvalue weighted by Gasteiger charge is 2.36. The number of hydrogen-bond donors (Lipinski definition) is 1. The van der Waals surface area contributed by atoms with Crippen LogP contribution in [0, 0.1) is 0 Å². The number of tetrazole rings is 1. The van der Waals surface area contributed by atoms with Crippen LogP contribution in [0.2, 0.25) is 0 Å². The number of nitrogens with zero attached hydrogens (tertiary/aromatic N) is 5. The molecular weight excluding hydrogens is 550 g/mol. The molecule has 1 unspecified atom stereocenters. The summed E-state index contributed by atoms with van der Waals surface area (Å²) in [5, 5.41) is 14.0. The standard InChI is InChI=1S/C28H34F6N6O/c29-27(30,31)23-17-21(18-24(19-23)28(32,33)34)10-16-41-20-25(22-7-3-1-4-8-22)40-14-12-39(13-15-40)11-6-2-5-9-26-35-37-38-36-26/h1,3-4,7-8,17-19,25H,2,5-6,9-16,20H2,(H,35,36,37,38). The maximum absolute atomic E-state index is 13.2. The van der Waals surface area contributed by atoms with E-state index in [1.165, 1.54) is 0 Å². The van der Waals surface area contributed by atoms with Crippen molar-refractivity contribution in [2.45, 2.75) is 50.5 Å². The Morgan fingerprint density at radius 1 is 0.829 bits per heavy atom. The Morgan fingerprint density at radius 3 is 2.12 bits per heavy atom. The second-order valence-corrected chi connectivity index (χ2v) is 10.2. The molecule has 4 rings (SSSR count). The number of alkyl halides is 6. The lowest BCUT2D eigenvalue weighted by Gasteiger charge is -2.39. The van der Waals surface area contributed by atoms with Crippen LogP contribution in [0.3, 0.4) is 0 Å². The minimum absolute atomic E-state index is 0.00572. The van der Waals surface area contributed by atoms with Crippen molar-refractivity contribution in [1.82, 2.24) is 30.4 Å². The van der Waals surface area contributed by atoms with Crippen LogP contribution in [0.25, 0.3) is 0 Å². The smallest absolute Gasteiger partial charge is 0.379 e. The molecule has 13 heteroatoms. The number of nitrogens with one attached hydrogen (secondary N) is 1. The average molecular weight is 585 g/mol. The Morgan fingerprint density at radius 2 is 1.51 bits per heavy atom. The summed E-state index contributed by atoms with van der Waals surface area (Å²) < 4.78 is 85.0. The lowest BCUT2D eigenvalue weighted by Crippen LogP contribution is -2.48. The Bertz CT molecular complexity index is 1150. The van der Waals surface area contributed by atoms with Crippen LogP contribution in [0.1, 0.15) is 53.4 Å². The summed E-state index contributed by atoms with van der Waals surface area (Å²) >= 11 is 0. The quantitative estimate of drug-likeness (QED) is 0.209. The minimum atomic E-state index is -4.87. The van der Waals surface area contributed by atoms with Gasteiger partial charge in [0, 0.05) is 32.6 Å². The van der Waals surface area contributed by atoms with Crippen LogP contribution in [0.15, 0.2) is 48.5 Å². The van der Waals surface area contributed by atoms with E-state index in [-0.39, 0.29) is 37.3 Å². The number of hydrogen-bond acceptors (Lipinski definition) is 6. The molecule has 0 amide bonds. The lowest BCUT2D eigenvalue weighted by molar-refractivity contribution is -0.143. The Hall–Kier alpha value is -3.03. The van der Waals surface area contributed by atoms with E-state index < -0.39 is 23.5 Å². The fraction of sp³-hybridized carbons (Fsp3) is 0.536. The fourth-order valence-corrected chi connectivity index (χ4v) is 5.02. The van der Waals surface area contributed by atoms with Gasteiger partial charge in [0.2, 0.25) is 0 Å². The van der Waals surface area contributed by atoms with Gasteiger partial charge in [-0.2, -0.15) is 31.6 Å². The van der Waals surface area contributed by atoms with Gasteiger partial charge in [0.05, 0.1) is 30.4 Å². The Balaban J connectivity index is 1.27. The largest absolute Gasteiger partial charge is 0.416 e. The van der Waals surface area contributed by atoms with E-state index >= 15 is 0 Å². The minimum Gasteiger partial charge on any atom is -0.379 e. The molecule has 0 bridgehead atoms. The highest BCUT2D eigenvalue weighted by atomic mass is 19.4. The number of aromatic nitrogens is 4. The molecule has 0 saturated carbocycles. The Kier molecular flexibility index (Phi) is 10.7. The van der Waals surface area contributed by atoms with Crippen molar-refractivity contribution in [2.24, 2.45) is 0 Å². The van der Waals surface area contributed by atoms with E-state index in [2.05, 4.69) is 30.4 Å². The van der Waals surface area contributed by atoms with E-state index in [0.717, 1.165) is 81.9 Å². The zero-order valence-electron chi connectivity index (χ0n) is 22.6. The maximum atomic E-state index is 13.2. The SMILES string of the molecule is FC(F)(F)c1cc(CCOCC(c2ccccc2)N2CCN(CCCCCc3nn[nH]n3)CC2)cc(C(F)(F)F)c1. The van der Waals surface area contributed by atoms with Gasteiger partial charge in [0.1, 0.15) is 0 Å².